The predicted octanol–water partition coefficient (Wildman–Crippen LogP) is 1.83. The molecule has 0 aliphatic heterocycles. The number of hydrogen-bond acceptors (Lipinski definition) is 4. The maximum absolute atomic E-state index is 10.2. The second-order valence-electron chi connectivity index (χ2n) is 4.74. The topological polar surface area (TPSA) is 62.4 Å². The highest BCUT2D eigenvalue weighted by Crippen LogP contribution is 2.17. The quantitative estimate of drug-likeness (QED) is 0.802. The van der Waals surface area contributed by atoms with E-state index in [9.17, 15) is 5.11 Å². The van der Waals surface area contributed by atoms with Gasteiger partial charge in [-0.1, -0.05) is 12.1 Å². The van der Waals surface area contributed by atoms with Gasteiger partial charge in [0.05, 0.1) is 6.10 Å². The Morgan fingerprint density at radius 1 is 1.26 bits per heavy atom. The van der Waals surface area contributed by atoms with E-state index in [1.807, 2.05) is 43.4 Å². The van der Waals surface area contributed by atoms with Crippen LogP contribution in [0, 0.1) is 0 Å². The molecular weight excluding hydrogens is 238 g/mol. The molecule has 0 amide bonds. The van der Waals surface area contributed by atoms with Gasteiger partial charge in [0.2, 0.25) is 0 Å². The van der Waals surface area contributed by atoms with Crippen LogP contribution in [0.4, 0.5) is 5.69 Å². The van der Waals surface area contributed by atoms with Gasteiger partial charge in [0.25, 0.3) is 0 Å². The number of nitrogens with zero attached hydrogens (tertiary/aromatic N) is 2. The van der Waals surface area contributed by atoms with Crippen LogP contribution in [0.3, 0.4) is 0 Å². The molecule has 1 unspecified atom stereocenters. The highest BCUT2D eigenvalue weighted by molar-refractivity contribution is 5.41. The number of likely N-dealkylation sites (N-methyl/N-ethyl adjacent to an activating group) is 1. The Hall–Kier alpha value is -1.91. The van der Waals surface area contributed by atoms with E-state index in [4.69, 9.17) is 5.73 Å². The van der Waals surface area contributed by atoms with Crippen LogP contribution in [-0.2, 0) is 6.54 Å². The summed E-state index contributed by atoms with van der Waals surface area (Å²) in [4.78, 5) is 6.06. The number of nitrogens with two attached hydrogens (primary N) is 1. The smallest absolute Gasteiger partial charge is 0.0917 e. The number of hydrogen-bond donors (Lipinski definition) is 2. The summed E-state index contributed by atoms with van der Waals surface area (Å²) in [6.45, 7) is 1.34. The van der Waals surface area contributed by atoms with Crippen molar-refractivity contribution in [1.29, 1.82) is 0 Å². The van der Waals surface area contributed by atoms with Crippen molar-refractivity contribution in [1.82, 2.24) is 9.88 Å². The first-order chi connectivity index (χ1) is 9.15. The standard InChI is InChI=1S/C15H19N3O/c1-18(10-12-5-7-17-8-6-12)11-15(19)13-3-2-4-14(16)9-13/h2-9,15,19H,10-11,16H2,1H3. The minimum absolute atomic E-state index is 0.532. The molecule has 1 aromatic heterocycles. The number of aliphatic hydroxyl groups excluding tert-OH is 1. The van der Waals surface area contributed by atoms with E-state index in [1.165, 1.54) is 5.56 Å². The fraction of sp³-hybridized carbons (Fsp3) is 0.267. The van der Waals surface area contributed by atoms with Crippen LogP contribution < -0.4 is 5.73 Å². The van der Waals surface area contributed by atoms with E-state index in [2.05, 4.69) is 9.88 Å². The largest absolute Gasteiger partial charge is 0.399 e. The van der Waals surface area contributed by atoms with Crippen molar-refractivity contribution in [2.24, 2.45) is 0 Å². The fourth-order valence-electron chi connectivity index (χ4n) is 2.03. The van der Waals surface area contributed by atoms with E-state index in [-0.39, 0.29) is 0 Å². The number of rotatable bonds is 5. The second kappa shape index (κ2) is 6.31. The van der Waals surface area contributed by atoms with Gasteiger partial charge in [-0.2, -0.15) is 0 Å². The summed E-state index contributed by atoms with van der Waals surface area (Å²) in [5, 5.41) is 10.2. The molecule has 0 aliphatic carbocycles. The summed E-state index contributed by atoms with van der Waals surface area (Å²) in [7, 11) is 1.98. The molecule has 1 heterocycles. The van der Waals surface area contributed by atoms with Gasteiger partial charge in [0, 0.05) is 31.2 Å². The number of nitrogen functional groups attached to an aromatic ring is 1. The molecule has 0 saturated carbocycles. The first kappa shape index (κ1) is 13.5. The Labute approximate surface area is 113 Å². The number of aliphatic hydroxyl groups is 1. The number of pyridine rings is 1. The molecule has 0 spiro atoms. The Balaban J connectivity index is 1.93. The van der Waals surface area contributed by atoms with Crippen LogP contribution in [0.1, 0.15) is 17.2 Å². The molecule has 4 heteroatoms. The summed E-state index contributed by atoms with van der Waals surface area (Å²) < 4.78 is 0. The molecule has 3 N–H and O–H groups in total. The van der Waals surface area contributed by atoms with Crippen LogP contribution >= 0.6 is 0 Å². The maximum atomic E-state index is 10.2. The van der Waals surface area contributed by atoms with Crippen molar-refractivity contribution >= 4 is 5.69 Å². The minimum atomic E-state index is -0.532. The van der Waals surface area contributed by atoms with E-state index in [1.54, 1.807) is 12.4 Å². The molecule has 0 radical (unpaired) electrons. The van der Waals surface area contributed by atoms with Gasteiger partial charge in [-0.15, -0.1) is 0 Å². The third-order valence-electron chi connectivity index (χ3n) is 2.98. The van der Waals surface area contributed by atoms with E-state index in [0.717, 1.165) is 12.1 Å². The van der Waals surface area contributed by atoms with E-state index >= 15 is 0 Å². The van der Waals surface area contributed by atoms with Crippen molar-refractivity contribution < 1.29 is 5.11 Å². The number of anilines is 1. The van der Waals surface area contributed by atoms with E-state index < -0.39 is 6.10 Å². The Kier molecular flexibility index (Phi) is 4.49. The molecule has 2 rings (SSSR count). The molecule has 0 fully saturated rings. The second-order valence-corrected chi connectivity index (χ2v) is 4.74. The molecule has 2 aromatic rings. The maximum Gasteiger partial charge on any atom is 0.0917 e. The zero-order valence-corrected chi connectivity index (χ0v) is 11.0. The lowest BCUT2D eigenvalue weighted by molar-refractivity contribution is 0.124. The fourth-order valence-corrected chi connectivity index (χ4v) is 2.03. The van der Waals surface area contributed by atoms with Crippen molar-refractivity contribution in [2.75, 3.05) is 19.3 Å². The lowest BCUT2D eigenvalue weighted by Crippen LogP contribution is -2.24. The molecule has 4 nitrogen and oxygen atoms in total. The van der Waals surface area contributed by atoms with E-state index in [0.29, 0.717) is 12.2 Å². The summed E-state index contributed by atoms with van der Waals surface area (Å²) in [5.74, 6) is 0. The Bertz CT molecular complexity index is 516. The van der Waals surface area contributed by atoms with Gasteiger partial charge in [0.15, 0.2) is 0 Å². The average Bonchev–Trinajstić information content (AvgIpc) is 2.39. The van der Waals surface area contributed by atoms with Crippen molar-refractivity contribution in [3.63, 3.8) is 0 Å². The molecule has 0 bridgehead atoms. The lowest BCUT2D eigenvalue weighted by Gasteiger charge is -2.21. The minimum Gasteiger partial charge on any atom is -0.399 e. The van der Waals surface area contributed by atoms with Gasteiger partial charge < -0.3 is 10.8 Å². The number of aromatic nitrogens is 1. The first-order valence-electron chi connectivity index (χ1n) is 6.26. The molecule has 1 atom stereocenters. The Morgan fingerprint density at radius 3 is 2.68 bits per heavy atom. The van der Waals surface area contributed by atoms with Crippen LogP contribution in [0.5, 0.6) is 0 Å². The molecule has 0 aliphatic rings. The Morgan fingerprint density at radius 2 is 2.00 bits per heavy atom. The predicted molar refractivity (Wildman–Crippen MR) is 76.4 cm³/mol. The van der Waals surface area contributed by atoms with Crippen LogP contribution in [0.25, 0.3) is 0 Å². The van der Waals surface area contributed by atoms with Gasteiger partial charge in [0.1, 0.15) is 0 Å². The normalized spacial score (nSPS) is 12.6. The molecule has 1 aromatic carbocycles. The highest BCUT2D eigenvalue weighted by Gasteiger charge is 2.11. The molecule has 0 saturated heterocycles. The first-order valence-corrected chi connectivity index (χ1v) is 6.26. The van der Waals surface area contributed by atoms with Crippen molar-refractivity contribution in [2.45, 2.75) is 12.6 Å². The lowest BCUT2D eigenvalue weighted by atomic mass is 10.1. The molecular formula is C15H19N3O. The van der Waals surface area contributed by atoms with Gasteiger partial charge >= 0.3 is 0 Å². The third kappa shape index (κ3) is 4.05. The zero-order chi connectivity index (χ0) is 13.7. The molecule has 100 valence electrons. The average molecular weight is 257 g/mol. The zero-order valence-electron chi connectivity index (χ0n) is 11.0. The molecule has 19 heavy (non-hydrogen) atoms. The van der Waals surface area contributed by atoms with Crippen molar-refractivity contribution in [3.05, 3.63) is 59.9 Å². The van der Waals surface area contributed by atoms with Gasteiger partial charge in [-0.05, 0) is 42.4 Å². The number of benzene rings is 1. The van der Waals surface area contributed by atoms with Crippen LogP contribution in [0.15, 0.2) is 48.8 Å². The summed E-state index contributed by atoms with van der Waals surface area (Å²) in [5.41, 5.74) is 8.42. The summed E-state index contributed by atoms with van der Waals surface area (Å²) >= 11 is 0. The third-order valence-corrected chi connectivity index (χ3v) is 2.98. The van der Waals surface area contributed by atoms with Crippen molar-refractivity contribution in [3.8, 4) is 0 Å². The van der Waals surface area contributed by atoms with Crippen LogP contribution in [0.2, 0.25) is 0 Å². The van der Waals surface area contributed by atoms with Gasteiger partial charge in [-0.3, -0.25) is 9.88 Å². The summed E-state index contributed by atoms with van der Waals surface area (Å²) in [6.07, 6.45) is 3.02. The monoisotopic (exact) mass is 257 g/mol. The highest BCUT2D eigenvalue weighted by atomic mass is 16.3. The summed E-state index contributed by atoms with van der Waals surface area (Å²) in [6, 6.07) is 11.3. The van der Waals surface area contributed by atoms with Crippen LogP contribution in [-0.4, -0.2) is 28.6 Å². The van der Waals surface area contributed by atoms with Gasteiger partial charge in [-0.25, -0.2) is 0 Å². The SMILES string of the molecule is CN(Cc1ccncc1)CC(O)c1cccc(N)c1.